The number of unbranched alkanes of at least 4 members (excludes halogenated alkanes) is 35. The zero-order valence-corrected chi connectivity index (χ0v) is 54.2. The fourth-order valence-electron chi connectivity index (χ4n) is 9.62. The Bertz CT molecular complexity index is 1600. The summed E-state index contributed by atoms with van der Waals surface area (Å²) in [5.41, 5.74) is 0. The first kappa shape index (κ1) is 77.5. The highest BCUT2D eigenvalue weighted by atomic mass is 31.2. The van der Waals surface area contributed by atoms with Gasteiger partial charge in [-0.3, -0.25) is 14.2 Å². The van der Waals surface area contributed by atoms with E-state index in [4.69, 9.17) is 13.8 Å². The van der Waals surface area contributed by atoms with Crippen LogP contribution in [0.3, 0.4) is 0 Å². The number of esters is 1. The number of phosphoric ester groups is 1. The van der Waals surface area contributed by atoms with Gasteiger partial charge in [-0.1, -0.05) is 267 Å². The summed E-state index contributed by atoms with van der Waals surface area (Å²) in [5.74, 6) is -0.546. The number of likely N-dealkylation sites (N-methyl/N-ethyl adjacent to an activating group) is 1. The van der Waals surface area contributed by atoms with E-state index in [2.05, 4.69) is 86.8 Å². The van der Waals surface area contributed by atoms with Crippen LogP contribution in [-0.2, 0) is 27.9 Å². The van der Waals surface area contributed by atoms with Gasteiger partial charge >= 0.3 is 5.97 Å². The number of carbonyl (C=O) groups excluding carboxylic acids is 2. The molecule has 0 radical (unpaired) electrons. The average molecular weight is 1140 g/mol. The van der Waals surface area contributed by atoms with E-state index in [0.717, 1.165) is 89.9 Å². The summed E-state index contributed by atoms with van der Waals surface area (Å²) in [6.07, 6.45) is 77.3. The van der Waals surface area contributed by atoms with Gasteiger partial charge in [-0.15, -0.1) is 0 Å². The van der Waals surface area contributed by atoms with E-state index in [-0.39, 0.29) is 24.9 Å². The van der Waals surface area contributed by atoms with Gasteiger partial charge in [-0.25, -0.2) is 0 Å². The number of quaternary nitrogens is 1. The molecule has 80 heavy (non-hydrogen) atoms. The van der Waals surface area contributed by atoms with Crippen LogP contribution >= 0.6 is 7.82 Å². The third-order valence-corrected chi connectivity index (χ3v) is 15.8. The van der Waals surface area contributed by atoms with Crippen molar-refractivity contribution < 1.29 is 37.3 Å². The minimum atomic E-state index is -4.71. The molecule has 3 atom stereocenters. The summed E-state index contributed by atoms with van der Waals surface area (Å²) in [7, 11) is 1.18. The second kappa shape index (κ2) is 59.6. The number of rotatable bonds is 61. The number of hydrogen-bond donors (Lipinski definition) is 1. The Balaban J connectivity index is 5.11. The van der Waals surface area contributed by atoms with Crippen LogP contribution in [0.1, 0.15) is 310 Å². The number of phosphoric acid groups is 1. The van der Waals surface area contributed by atoms with Crippen molar-refractivity contribution in [3.63, 3.8) is 0 Å². The molecule has 0 rings (SSSR count). The fraction of sp³-hybridized carbons (Fsp3) is 0.800. The maximum atomic E-state index is 13.6. The van der Waals surface area contributed by atoms with Gasteiger partial charge in [0.1, 0.15) is 19.3 Å². The monoisotopic (exact) mass is 1140 g/mol. The molecule has 0 fully saturated rings. The molecule has 0 aromatic carbocycles. The van der Waals surface area contributed by atoms with Crippen LogP contribution in [0.2, 0.25) is 0 Å². The number of nitrogens with zero attached hydrogens (tertiary/aromatic N) is 1. The molecule has 9 nitrogen and oxygen atoms in total. The molecule has 0 bridgehead atoms. The lowest BCUT2D eigenvalue weighted by Gasteiger charge is -2.30. The van der Waals surface area contributed by atoms with Gasteiger partial charge in [0.05, 0.1) is 33.8 Å². The molecule has 1 amide bonds. The molecule has 3 unspecified atom stereocenters. The van der Waals surface area contributed by atoms with E-state index < -0.39 is 26.6 Å². The van der Waals surface area contributed by atoms with Crippen molar-refractivity contribution in [1.82, 2.24) is 5.32 Å². The lowest BCUT2D eigenvalue weighted by molar-refractivity contribution is -0.870. The zero-order valence-electron chi connectivity index (χ0n) is 53.3. The van der Waals surface area contributed by atoms with Crippen molar-refractivity contribution in [2.75, 3.05) is 40.9 Å². The lowest BCUT2D eigenvalue weighted by Crippen LogP contribution is -2.47. The summed E-state index contributed by atoms with van der Waals surface area (Å²) in [5, 5.41) is 3.03. The normalized spacial score (nSPS) is 14.0. The molecule has 0 aliphatic heterocycles. The molecular weight excluding hydrogens is 1010 g/mol. The summed E-state index contributed by atoms with van der Waals surface area (Å²) >= 11 is 0. The second-order valence-corrected chi connectivity index (χ2v) is 25.4. The largest absolute Gasteiger partial charge is 0.756 e. The van der Waals surface area contributed by atoms with Crippen molar-refractivity contribution >= 4 is 19.7 Å². The molecule has 0 saturated carbocycles. The molecule has 10 heteroatoms. The molecule has 0 spiro atoms. The van der Waals surface area contributed by atoms with E-state index in [1.807, 2.05) is 33.3 Å². The van der Waals surface area contributed by atoms with Crippen molar-refractivity contribution in [3.8, 4) is 0 Å². The number of nitrogens with one attached hydrogen (secondary N) is 1. The maximum Gasteiger partial charge on any atom is 0.306 e. The lowest BCUT2D eigenvalue weighted by atomic mass is 10.0. The highest BCUT2D eigenvalue weighted by Gasteiger charge is 2.27. The predicted molar refractivity (Wildman–Crippen MR) is 344 cm³/mol. The van der Waals surface area contributed by atoms with Crippen LogP contribution in [0.4, 0.5) is 0 Å². The van der Waals surface area contributed by atoms with Crippen molar-refractivity contribution in [2.45, 2.75) is 322 Å². The number of carbonyl (C=O) groups is 2. The van der Waals surface area contributed by atoms with E-state index in [9.17, 15) is 19.0 Å². The minimum Gasteiger partial charge on any atom is -0.756 e. The van der Waals surface area contributed by atoms with Crippen LogP contribution in [0.5, 0.6) is 0 Å². The first-order chi connectivity index (χ1) is 38.9. The third kappa shape index (κ3) is 60.1. The molecule has 0 aliphatic rings. The fourth-order valence-corrected chi connectivity index (χ4v) is 10.3. The van der Waals surface area contributed by atoms with Crippen LogP contribution in [-0.4, -0.2) is 69.4 Å². The van der Waals surface area contributed by atoms with Gasteiger partial charge < -0.3 is 28.5 Å². The minimum absolute atomic E-state index is 0.0256. The number of ether oxygens (including phenoxy) is 1. The molecule has 0 aromatic rings. The molecule has 0 aromatic heterocycles. The van der Waals surface area contributed by atoms with Crippen molar-refractivity contribution in [1.29, 1.82) is 0 Å². The van der Waals surface area contributed by atoms with Gasteiger partial charge in [0.15, 0.2) is 0 Å². The first-order valence-electron chi connectivity index (χ1n) is 33.7. The van der Waals surface area contributed by atoms with E-state index >= 15 is 0 Å². The summed E-state index contributed by atoms with van der Waals surface area (Å²) < 4.78 is 30.4. The number of allylic oxidation sites excluding steroid dienone is 11. The molecular formula is C70H129N2O7P. The molecule has 1 N–H and O–H groups in total. The molecule has 466 valence electrons. The molecule has 0 saturated heterocycles. The second-order valence-electron chi connectivity index (χ2n) is 24.0. The Morgan fingerprint density at radius 3 is 1.16 bits per heavy atom. The Labute approximate surface area is 495 Å². The van der Waals surface area contributed by atoms with E-state index in [1.165, 1.54) is 186 Å². The Morgan fingerprint density at radius 2 is 0.762 bits per heavy atom. The van der Waals surface area contributed by atoms with Gasteiger partial charge in [0, 0.05) is 12.8 Å². The van der Waals surface area contributed by atoms with Gasteiger partial charge in [-0.2, -0.15) is 0 Å². The quantitative estimate of drug-likeness (QED) is 0.0212. The van der Waals surface area contributed by atoms with Crippen LogP contribution in [0, 0.1) is 0 Å². The summed E-state index contributed by atoms with van der Waals surface area (Å²) in [6.45, 7) is 6.80. The SMILES string of the molecule is CCCCC/C=C\C/C=C\C/C=C\CCCCCCCCCCCCCCC(=O)OC(/C=C\CCCCCCCCCCCC)C(COP(=O)([O-])OCC[N+](C)(C)C)NC(=O)CCCCCCCCC/C=C\C/C=C\CCCCC. The van der Waals surface area contributed by atoms with E-state index in [1.54, 1.807) is 0 Å². The predicted octanol–water partition coefficient (Wildman–Crippen LogP) is 20.5. The molecule has 0 aliphatic carbocycles. The summed E-state index contributed by atoms with van der Waals surface area (Å²) in [6, 6.07) is -0.895. The highest BCUT2D eigenvalue weighted by molar-refractivity contribution is 7.45. The standard InChI is InChI=1S/C70H129N2O7P/c1-7-10-13-16-19-22-25-28-30-32-33-34-35-36-37-38-39-41-43-45-48-51-54-57-60-63-70(74)79-68(61-58-55-52-49-46-27-24-21-18-15-12-9-3)67(66-78-80(75,76)77-65-64-72(4,5)6)71-69(73)62-59-56-53-50-47-44-42-40-31-29-26-23-20-17-14-11-8-2/h19-20,22-23,28-31,33-34,58,61,67-68H,7-18,21,24-27,32,35-57,59-60,62-66H2,1-6H3,(H-,71,73,75,76)/b22-19-,23-20-,30-28-,31-29-,34-33-,61-58-. The van der Waals surface area contributed by atoms with Gasteiger partial charge in [-0.05, 0) is 102 Å². The zero-order chi connectivity index (χ0) is 58.6. The van der Waals surface area contributed by atoms with Gasteiger partial charge in [0.25, 0.3) is 7.82 Å². The Kier molecular flexibility index (Phi) is 57.7. The van der Waals surface area contributed by atoms with E-state index in [0.29, 0.717) is 17.4 Å². The number of hydrogen-bond acceptors (Lipinski definition) is 7. The first-order valence-corrected chi connectivity index (χ1v) is 35.2. The topological polar surface area (TPSA) is 114 Å². The Hall–Kier alpha value is -2.55. The molecule has 0 heterocycles. The van der Waals surface area contributed by atoms with Gasteiger partial charge in [0.2, 0.25) is 5.91 Å². The smallest absolute Gasteiger partial charge is 0.306 e. The average Bonchev–Trinajstić information content (AvgIpc) is 3.42. The third-order valence-electron chi connectivity index (χ3n) is 14.9. The highest BCUT2D eigenvalue weighted by Crippen LogP contribution is 2.38. The maximum absolute atomic E-state index is 13.6. The van der Waals surface area contributed by atoms with Crippen LogP contribution < -0.4 is 10.2 Å². The van der Waals surface area contributed by atoms with Crippen molar-refractivity contribution in [3.05, 3.63) is 72.9 Å². The van der Waals surface area contributed by atoms with Crippen LogP contribution in [0.25, 0.3) is 0 Å². The Morgan fingerprint density at radius 1 is 0.438 bits per heavy atom. The van der Waals surface area contributed by atoms with Crippen LogP contribution in [0.15, 0.2) is 72.9 Å². The van der Waals surface area contributed by atoms with Crippen molar-refractivity contribution in [2.24, 2.45) is 0 Å². The summed E-state index contributed by atoms with van der Waals surface area (Å²) in [4.78, 5) is 40.1. The number of amides is 1.